The summed E-state index contributed by atoms with van der Waals surface area (Å²) in [5.41, 5.74) is 0. The van der Waals surface area contributed by atoms with Gasteiger partial charge in [0.25, 0.3) is 0 Å². The number of nitrogens with one attached hydrogen (secondary N) is 2. The van der Waals surface area contributed by atoms with Crippen LogP contribution in [-0.2, 0) is 9.53 Å². The molecule has 6 heteroatoms. The molecule has 0 spiro atoms. The Balaban J connectivity index is 2.12. The van der Waals surface area contributed by atoms with Gasteiger partial charge in [0.15, 0.2) is 0 Å². The van der Waals surface area contributed by atoms with Gasteiger partial charge in [-0.25, -0.2) is 4.79 Å². The van der Waals surface area contributed by atoms with E-state index in [0.717, 1.165) is 38.7 Å². The van der Waals surface area contributed by atoms with Crippen LogP contribution in [0.1, 0.15) is 38.5 Å². The Kier molecular flexibility index (Phi) is 7.25. The maximum atomic E-state index is 11.6. The molecule has 0 aromatic heterocycles. The number of carbonyl (C=O) groups is 2. The van der Waals surface area contributed by atoms with E-state index in [9.17, 15) is 9.59 Å². The first-order chi connectivity index (χ1) is 9.15. The van der Waals surface area contributed by atoms with E-state index < -0.39 is 11.9 Å². The van der Waals surface area contributed by atoms with Crippen LogP contribution in [0, 0.1) is 5.92 Å². The molecule has 19 heavy (non-hydrogen) atoms. The highest BCUT2D eigenvalue weighted by atomic mass is 16.5. The summed E-state index contributed by atoms with van der Waals surface area (Å²) in [6, 6.07) is -0.490. The molecule has 0 radical (unpaired) electrons. The first kappa shape index (κ1) is 15.8. The van der Waals surface area contributed by atoms with Crippen molar-refractivity contribution in [3.05, 3.63) is 0 Å². The van der Waals surface area contributed by atoms with Gasteiger partial charge >= 0.3 is 12.0 Å². The first-order valence-corrected chi connectivity index (χ1v) is 6.91. The Morgan fingerprint density at radius 1 is 1.26 bits per heavy atom. The van der Waals surface area contributed by atoms with Crippen LogP contribution in [0.15, 0.2) is 0 Å². The topological polar surface area (TPSA) is 87.7 Å². The van der Waals surface area contributed by atoms with Crippen molar-refractivity contribution in [3.63, 3.8) is 0 Å². The maximum absolute atomic E-state index is 11.6. The minimum Gasteiger partial charge on any atom is -0.481 e. The second-order valence-electron chi connectivity index (χ2n) is 4.94. The van der Waals surface area contributed by atoms with Crippen LogP contribution < -0.4 is 10.6 Å². The molecule has 2 unspecified atom stereocenters. The molecule has 0 bridgehead atoms. The molecule has 1 rings (SSSR count). The third-order valence-corrected chi connectivity index (χ3v) is 3.46. The van der Waals surface area contributed by atoms with E-state index >= 15 is 0 Å². The number of carbonyl (C=O) groups excluding carboxylic acids is 1. The van der Waals surface area contributed by atoms with Crippen molar-refractivity contribution in [2.75, 3.05) is 20.3 Å². The minimum atomic E-state index is -0.817. The van der Waals surface area contributed by atoms with Gasteiger partial charge in [0, 0.05) is 26.3 Å². The molecule has 0 aromatic carbocycles. The van der Waals surface area contributed by atoms with Gasteiger partial charge in [0.2, 0.25) is 0 Å². The van der Waals surface area contributed by atoms with E-state index in [0.29, 0.717) is 13.0 Å². The highest BCUT2D eigenvalue weighted by molar-refractivity contribution is 5.76. The molecule has 1 fully saturated rings. The standard InChI is InChI=1S/C13H24N2O4/c1-19-9-4-2-3-8-14-13(18)15-11-7-5-6-10(11)12(16)17/h10-11H,2-9H2,1H3,(H,16,17)(H2,14,15,18). The van der Waals surface area contributed by atoms with Gasteiger partial charge in [-0.15, -0.1) is 0 Å². The number of unbranched alkanes of at least 4 members (excludes halogenated alkanes) is 2. The summed E-state index contributed by atoms with van der Waals surface area (Å²) >= 11 is 0. The van der Waals surface area contributed by atoms with Gasteiger partial charge < -0.3 is 20.5 Å². The van der Waals surface area contributed by atoms with Gasteiger partial charge in [0.1, 0.15) is 0 Å². The molecule has 2 atom stereocenters. The van der Waals surface area contributed by atoms with Crippen molar-refractivity contribution >= 4 is 12.0 Å². The predicted molar refractivity (Wildman–Crippen MR) is 71.0 cm³/mol. The molecule has 110 valence electrons. The van der Waals surface area contributed by atoms with Crippen LogP contribution in [0.2, 0.25) is 0 Å². The van der Waals surface area contributed by atoms with Crippen molar-refractivity contribution in [1.29, 1.82) is 0 Å². The Labute approximate surface area is 113 Å². The van der Waals surface area contributed by atoms with Crippen LogP contribution in [-0.4, -0.2) is 43.4 Å². The lowest BCUT2D eigenvalue weighted by atomic mass is 10.0. The first-order valence-electron chi connectivity index (χ1n) is 6.91. The van der Waals surface area contributed by atoms with Gasteiger partial charge in [-0.1, -0.05) is 6.42 Å². The number of amides is 2. The highest BCUT2D eigenvalue weighted by Gasteiger charge is 2.33. The lowest BCUT2D eigenvalue weighted by Crippen LogP contribution is -2.45. The van der Waals surface area contributed by atoms with E-state index in [1.807, 2.05) is 0 Å². The molecule has 0 aromatic rings. The molecule has 1 aliphatic carbocycles. The summed E-state index contributed by atoms with van der Waals surface area (Å²) in [6.45, 7) is 1.36. The molecule has 0 heterocycles. The maximum Gasteiger partial charge on any atom is 0.315 e. The smallest absolute Gasteiger partial charge is 0.315 e. The van der Waals surface area contributed by atoms with Gasteiger partial charge in [0.05, 0.1) is 5.92 Å². The third-order valence-electron chi connectivity index (χ3n) is 3.46. The molecule has 0 aliphatic heterocycles. The fourth-order valence-electron chi connectivity index (χ4n) is 2.40. The Morgan fingerprint density at radius 2 is 2.05 bits per heavy atom. The number of aliphatic carboxylic acids is 1. The Bertz CT molecular complexity index is 296. The third kappa shape index (κ3) is 5.92. The average Bonchev–Trinajstić information content (AvgIpc) is 2.81. The van der Waals surface area contributed by atoms with E-state index in [1.54, 1.807) is 7.11 Å². The molecule has 6 nitrogen and oxygen atoms in total. The number of carboxylic acids is 1. The summed E-state index contributed by atoms with van der Waals surface area (Å²) < 4.78 is 4.94. The van der Waals surface area contributed by atoms with Crippen molar-refractivity contribution in [2.45, 2.75) is 44.6 Å². The largest absolute Gasteiger partial charge is 0.481 e. The zero-order valence-electron chi connectivity index (χ0n) is 11.5. The van der Waals surface area contributed by atoms with E-state index in [2.05, 4.69) is 10.6 Å². The SMILES string of the molecule is COCCCCCNC(=O)NC1CCCC1C(=O)O. The lowest BCUT2D eigenvalue weighted by Gasteiger charge is -2.17. The highest BCUT2D eigenvalue weighted by Crippen LogP contribution is 2.25. The number of hydrogen-bond donors (Lipinski definition) is 3. The number of methoxy groups -OCH3 is 1. The van der Waals surface area contributed by atoms with Gasteiger partial charge in [-0.05, 0) is 32.1 Å². The van der Waals surface area contributed by atoms with Crippen molar-refractivity contribution in [2.24, 2.45) is 5.92 Å². The Morgan fingerprint density at radius 3 is 2.74 bits per heavy atom. The minimum absolute atomic E-state index is 0.231. The van der Waals surface area contributed by atoms with Crippen molar-refractivity contribution in [3.8, 4) is 0 Å². The summed E-state index contributed by atoms with van der Waals surface area (Å²) in [5.74, 6) is -1.25. The predicted octanol–water partition coefficient (Wildman–Crippen LogP) is 1.36. The number of rotatable bonds is 8. The van der Waals surface area contributed by atoms with Crippen LogP contribution in [0.5, 0.6) is 0 Å². The average molecular weight is 272 g/mol. The second kappa shape index (κ2) is 8.74. The van der Waals surface area contributed by atoms with Crippen molar-refractivity contribution in [1.82, 2.24) is 10.6 Å². The number of hydrogen-bond acceptors (Lipinski definition) is 3. The molecule has 1 saturated carbocycles. The molecule has 2 amide bonds. The molecular formula is C13H24N2O4. The summed E-state index contributed by atoms with van der Waals surface area (Å²) in [7, 11) is 1.67. The molecule has 1 aliphatic rings. The fourth-order valence-corrected chi connectivity index (χ4v) is 2.40. The van der Waals surface area contributed by atoms with Gasteiger partial charge in [-0.3, -0.25) is 4.79 Å². The zero-order chi connectivity index (χ0) is 14.1. The van der Waals surface area contributed by atoms with Gasteiger partial charge in [-0.2, -0.15) is 0 Å². The van der Waals surface area contributed by atoms with E-state index in [-0.39, 0.29) is 12.1 Å². The summed E-state index contributed by atoms with van der Waals surface area (Å²) in [6.07, 6.45) is 5.16. The monoisotopic (exact) mass is 272 g/mol. The van der Waals surface area contributed by atoms with Crippen LogP contribution >= 0.6 is 0 Å². The van der Waals surface area contributed by atoms with E-state index in [1.165, 1.54) is 0 Å². The fraction of sp³-hybridized carbons (Fsp3) is 0.846. The van der Waals surface area contributed by atoms with E-state index in [4.69, 9.17) is 9.84 Å². The quantitative estimate of drug-likeness (QED) is 0.582. The Hall–Kier alpha value is -1.30. The van der Waals surface area contributed by atoms with Crippen molar-refractivity contribution < 1.29 is 19.4 Å². The zero-order valence-corrected chi connectivity index (χ0v) is 11.5. The van der Waals surface area contributed by atoms with Crippen LogP contribution in [0.3, 0.4) is 0 Å². The summed E-state index contributed by atoms with van der Waals surface area (Å²) in [5, 5.41) is 14.5. The molecule has 0 saturated heterocycles. The molecule has 3 N–H and O–H groups in total. The lowest BCUT2D eigenvalue weighted by molar-refractivity contribution is -0.142. The van der Waals surface area contributed by atoms with Crippen LogP contribution in [0.4, 0.5) is 4.79 Å². The normalized spacial score (nSPS) is 22.2. The molecular weight excluding hydrogens is 248 g/mol. The number of carboxylic acid groups (broad SMARTS) is 1. The van der Waals surface area contributed by atoms with Crippen LogP contribution in [0.25, 0.3) is 0 Å². The second-order valence-corrected chi connectivity index (χ2v) is 4.94. The number of urea groups is 1. The number of ether oxygens (including phenoxy) is 1. The summed E-state index contributed by atoms with van der Waals surface area (Å²) in [4.78, 5) is 22.6.